The summed E-state index contributed by atoms with van der Waals surface area (Å²) in [5, 5.41) is 9.50. The average molecular weight is 690 g/mol. The first-order valence-electron chi connectivity index (χ1n) is 17.4. The largest absolute Gasteiger partial charge is 0.497 e. The van der Waals surface area contributed by atoms with Crippen molar-refractivity contribution in [3.63, 3.8) is 0 Å². The fourth-order valence-electron chi connectivity index (χ4n) is 8.52. The van der Waals surface area contributed by atoms with Gasteiger partial charge in [-0.25, -0.2) is 4.39 Å². The normalized spacial score (nSPS) is 28.2. The van der Waals surface area contributed by atoms with E-state index < -0.39 is 41.1 Å². The number of rotatable bonds is 8. The van der Waals surface area contributed by atoms with E-state index in [0.717, 1.165) is 25.0 Å². The molecule has 0 radical (unpaired) electrons. The van der Waals surface area contributed by atoms with Crippen molar-refractivity contribution in [2.24, 2.45) is 11.8 Å². The lowest BCUT2D eigenvalue weighted by molar-refractivity contribution is -0.144. The smallest absolute Gasteiger partial charge is 0.416 e. The SMILES string of the molecule is CC[C@H]1CN(C(=O)[C@]2(F)CN(C3(C)CCOCC3)C[C@H]2c2ccc(OC)cc2)C[C@@H]1c1ccc(C(F)(F)F)cc1N1CCC(C(=O)O)CC1. The summed E-state index contributed by atoms with van der Waals surface area (Å²) in [6, 6.07) is 11.0. The van der Waals surface area contributed by atoms with Gasteiger partial charge in [0.05, 0.1) is 18.6 Å². The molecule has 0 unspecified atom stereocenters. The molecule has 8 nitrogen and oxygen atoms in total. The molecule has 2 aromatic carbocycles. The number of likely N-dealkylation sites (tertiary alicyclic amines) is 2. The maximum Gasteiger partial charge on any atom is 0.416 e. The number of carbonyl (C=O) groups excluding carboxylic acids is 1. The van der Waals surface area contributed by atoms with Crippen LogP contribution >= 0.6 is 0 Å². The summed E-state index contributed by atoms with van der Waals surface area (Å²) < 4.78 is 70.6. The fraction of sp³-hybridized carbons (Fsp3) is 0.622. The van der Waals surface area contributed by atoms with Crippen LogP contribution in [0.25, 0.3) is 0 Å². The lowest BCUT2D eigenvalue weighted by Gasteiger charge is -2.42. The second-order valence-corrected chi connectivity index (χ2v) is 14.5. The van der Waals surface area contributed by atoms with Crippen LogP contribution in [0.2, 0.25) is 0 Å². The van der Waals surface area contributed by atoms with Gasteiger partial charge in [0.15, 0.2) is 0 Å². The van der Waals surface area contributed by atoms with E-state index in [9.17, 15) is 27.9 Å². The molecule has 0 saturated carbocycles. The first kappa shape index (κ1) is 35.4. The van der Waals surface area contributed by atoms with Crippen molar-refractivity contribution >= 4 is 17.6 Å². The van der Waals surface area contributed by atoms with Crippen molar-refractivity contribution in [1.29, 1.82) is 0 Å². The van der Waals surface area contributed by atoms with E-state index in [2.05, 4.69) is 11.8 Å². The average Bonchev–Trinajstić information content (AvgIpc) is 3.70. The first-order chi connectivity index (χ1) is 23.3. The minimum Gasteiger partial charge on any atom is -0.497 e. The summed E-state index contributed by atoms with van der Waals surface area (Å²) >= 11 is 0. The summed E-state index contributed by atoms with van der Waals surface area (Å²) in [5.41, 5.74) is -1.49. The van der Waals surface area contributed by atoms with Gasteiger partial charge in [0, 0.05) is 75.5 Å². The number of carboxylic acid groups (broad SMARTS) is 1. The standard InChI is InChI=1S/C37H47F4N3O5/c1-4-24-20-43(21-30(24)29-10-7-27(37(39,40)41)19-32(29)42-15-11-26(12-16-42)33(45)46)34(47)36(38)23-44(35(2)13-17-49-18-14-35)22-31(36)25-5-8-28(48-3)9-6-25/h5-10,19,24,26,30-31H,4,11-18,20-23H2,1-3H3,(H,45,46)/t24-,30-,31-,36-/m0/s1. The van der Waals surface area contributed by atoms with Gasteiger partial charge in [-0.3, -0.25) is 14.5 Å². The number of carboxylic acids is 1. The van der Waals surface area contributed by atoms with E-state index in [-0.39, 0.29) is 30.5 Å². The van der Waals surface area contributed by atoms with Crippen molar-refractivity contribution in [3.05, 3.63) is 59.2 Å². The third-order valence-electron chi connectivity index (χ3n) is 11.8. The number of aliphatic carboxylic acids is 1. The highest BCUT2D eigenvalue weighted by Crippen LogP contribution is 2.48. The summed E-state index contributed by atoms with van der Waals surface area (Å²) in [6.45, 7) is 6.68. The van der Waals surface area contributed by atoms with Gasteiger partial charge >= 0.3 is 12.1 Å². The fourth-order valence-corrected chi connectivity index (χ4v) is 8.52. The molecular weight excluding hydrogens is 642 g/mol. The minimum absolute atomic E-state index is 0.0545. The van der Waals surface area contributed by atoms with Gasteiger partial charge in [0.1, 0.15) is 5.75 Å². The maximum absolute atomic E-state index is 17.8. The molecule has 4 heterocycles. The molecule has 268 valence electrons. The molecule has 1 N–H and O–H groups in total. The second kappa shape index (κ2) is 13.7. The highest BCUT2D eigenvalue weighted by Gasteiger charge is 2.59. The predicted octanol–water partition coefficient (Wildman–Crippen LogP) is 6.34. The van der Waals surface area contributed by atoms with Gasteiger partial charge in [-0.1, -0.05) is 31.5 Å². The summed E-state index contributed by atoms with van der Waals surface area (Å²) in [6.07, 6.45) is -1.78. The lowest BCUT2D eigenvalue weighted by atomic mass is 9.84. The number of ether oxygens (including phenoxy) is 2. The van der Waals surface area contributed by atoms with Crippen LogP contribution in [0.3, 0.4) is 0 Å². The minimum atomic E-state index is -4.55. The molecule has 0 spiro atoms. The number of piperidine rings is 1. The van der Waals surface area contributed by atoms with Gasteiger partial charge in [0.25, 0.3) is 5.91 Å². The molecule has 4 saturated heterocycles. The van der Waals surface area contributed by atoms with Crippen LogP contribution in [-0.4, -0.2) is 97.6 Å². The number of nitrogens with zero attached hydrogens (tertiary/aromatic N) is 3. The number of methoxy groups -OCH3 is 1. The Balaban J connectivity index is 1.31. The van der Waals surface area contributed by atoms with Crippen molar-refractivity contribution in [1.82, 2.24) is 9.80 Å². The quantitative estimate of drug-likeness (QED) is 0.324. The van der Waals surface area contributed by atoms with E-state index in [1.165, 1.54) is 6.07 Å². The molecule has 49 heavy (non-hydrogen) atoms. The molecule has 2 aromatic rings. The van der Waals surface area contributed by atoms with E-state index in [1.54, 1.807) is 24.1 Å². The Morgan fingerprint density at radius 1 is 1.02 bits per heavy atom. The predicted molar refractivity (Wildman–Crippen MR) is 177 cm³/mol. The van der Waals surface area contributed by atoms with Crippen LogP contribution in [0.5, 0.6) is 5.75 Å². The van der Waals surface area contributed by atoms with Crippen LogP contribution in [0.15, 0.2) is 42.5 Å². The number of hydrogen-bond acceptors (Lipinski definition) is 6. The van der Waals surface area contributed by atoms with Gasteiger partial charge < -0.3 is 24.4 Å². The summed E-state index contributed by atoms with van der Waals surface area (Å²) in [5.74, 6) is -2.50. The zero-order chi connectivity index (χ0) is 35.1. The molecule has 4 aliphatic heterocycles. The van der Waals surface area contributed by atoms with Crippen LogP contribution in [0, 0.1) is 11.8 Å². The van der Waals surface area contributed by atoms with Crippen LogP contribution in [-0.2, 0) is 20.5 Å². The molecule has 6 rings (SSSR count). The molecule has 0 aromatic heterocycles. The van der Waals surface area contributed by atoms with Gasteiger partial charge in [-0.05, 0) is 73.9 Å². The Bertz CT molecular complexity index is 1510. The highest BCUT2D eigenvalue weighted by atomic mass is 19.4. The zero-order valence-electron chi connectivity index (χ0n) is 28.5. The lowest BCUT2D eigenvalue weighted by Crippen LogP contribution is -2.53. The Morgan fingerprint density at radius 2 is 1.69 bits per heavy atom. The van der Waals surface area contributed by atoms with E-state index in [0.29, 0.717) is 81.2 Å². The Kier molecular flexibility index (Phi) is 9.94. The number of halogens is 4. The van der Waals surface area contributed by atoms with Crippen LogP contribution in [0.4, 0.5) is 23.2 Å². The number of carbonyl (C=O) groups is 2. The zero-order valence-corrected chi connectivity index (χ0v) is 28.5. The van der Waals surface area contributed by atoms with Crippen LogP contribution in [0.1, 0.15) is 74.5 Å². The molecule has 0 bridgehead atoms. The van der Waals surface area contributed by atoms with Crippen molar-refractivity contribution < 1.29 is 41.7 Å². The van der Waals surface area contributed by atoms with Crippen molar-refractivity contribution in [3.8, 4) is 5.75 Å². The van der Waals surface area contributed by atoms with Gasteiger partial charge in [-0.15, -0.1) is 0 Å². The van der Waals surface area contributed by atoms with E-state index >= 15 is 4.39 Å². The molecular formula is C37H47F4N3O5. The molecule has 4 atom stereocenters. The number of amides is 1. The molecule has 1 amide bonds. The molecule has 4 fully saturated rings. The highest BCUT2D eigenvalue weighted by molar-refractivity contribution is 5.88. The number of alkyl halides is 4. The molecule has 0 aliphatic carbocycles. The monoisotopic (exact) mass is 689 g/mol. The second-order valence-electron chi connectivity index (χ2n) is 14.5. The number of anilines is 1. The Morgan fingerprint density at radius 3 is 2.29 bits per heavy atom. The first-order valence-corrected chi connectivity index (χ1v) is 17.4. The number of hydrogen-bond donors (Lipinski definition) is 1. The van der Waals surface area contributed by atoms with Crippen LogP contribution < -0.4 is 9.64 Å². The van der Waals surface area contributed by atoms with Crippen molar-refractivity contribution in [2.45, 2.75) is 75.2 Å². The molecule has 4 aliphatic rings. The third-order valence-corrected chi connectivity index (χ3v) is 11.8. The van der Waals surface area contributed by atoms with E-state index in [1.807, 2.05) is 24.0 Å². The van der Waals surface area contributed by atoms with Gasteiger partial charge in [-0.2, -0.15) is 13.2 Å². The van der Waals surface area contributed by atoms with Crippen molar-refractivity contribution in [2.75, 3.05) is 64.5 Å². The topological polar surface area (TPSA) is 82.6 Å². The third kappa shape index (κ3) is 6.87. The maximum atomic E-state index is 17.8. The van der Waals surface area contributed by atoms with Gasteiger partial charge in [0.2, 0.25) is 5.67 Å². The Labute approximate surface area is 285 Å². The number of benzene rings is 2. The molecule has 12 heteroatoms. The summed E-state index contributed by atoms with van der Waals surface area (Å²) in [7, 11) is 1.56. The Hall–Kier alpha value is -3.38. The van der Waals surface area contributed by atoms with E-state index in [4.69, 9.17) is 9.47 Å². The summed E-state index contributed by atoms with van der Waals surface area (Å²) in [4.78, 5) is 31.7.